The molecule has 118 valence electrons. The summed E-state index contributed by atoms with van der Waals surface area (Å²) < 4.78 is 0. The van der Waals surface area contributed by atoms with Gasteiger partial charge in [0.05, 0.1) is 5.54 Å². The largest absolute Gasteiger partial charge is 0.368 e. The van der Waals surface area contributed by atoms with Gasteiger partial charge in [-0.3, -0.25) is 9.69 Å². The van der Waals surface area contributed by atoms with Gasteiger partial charge in [0.15, 0.2) is 0 Å². The zero-order valence-electron chi connectivity index (χ0n) is 14.1. The van der Waals surface area contributed by atoms with Crippen molar-refractivity contribution in [2.24, 2.45) is 11.7 Å². The molecule has 0 spiro atoms. The van der Waals surface area contributed by atoms with Gasteiger partial charge in [-0.25, -0.2) is 0 Å². The molecular weight excluding hydrogens is 250 g/mol. The Morgan fingerprint density at radius 3 is 2.20 bits per heavy atom. The van der Waals surface area contributed by atoms with Crippen LogP contribution >= 0.6 is 0 Å². The van der Waals surface area contributed by atoms with Gasteiger partial charge in [-0.1, -0.05) is 13.8 Å². The fourth-order valence-electron chi connectivity index (χ4n) is 2.94. The highest BCUT2D eigenvalue weighted by Crippen LogP contribution is 2.26. The lowest BCUT2D eigenvalue weighted by molar-refractivity contribution is -0.124. The van der Waals surface area contributed by atoms with Crippen LogP contribution < -0.4 is 11.1 Å². The standard InChI is InChI=1S/C16H33N3O/c1-11(2)10-19(12(3)4)13(5)9-16(6,15(17)20)18-14-7-8-14/h11-14,18H,7-10H2,1-6H3,(H2,17,20). The maximum Gasteiger partial charge on any atom is 0.237 e. The number of amides is 1. The summed E-state index contributed by atoms with van der Waals surface area (Å²) in [4.78, 5) is 14.3. The summed E-state index contributed by atoms with van der Waals surface area (Å²) in [6, 6.07) is 1.30. The minimum absolute atomic E-state index is 0.232. The van der Waals surface area contributed by atoms with Crippen LogP contribution in [0.2, 0.25) is 0 Å². The van der Waals surface area contributed by atoms with Crippen LogP contribution in [0.15, 0.2) is 0 Å². The van der Waals surface area contributed by atoms with Crippen molar-refractivity contribution in [2.75, 3.05) is 6.54 Å². The fraction of sp³-hybridized carbons (Fsp3) is 0.938. The van der Waals surface area contributed by atoms with E-state index in [1.807, 2.05) is 6.92 Å². The molecule has 0 radical (unpaired) electrons. The first-order chi connectivity index (χ1) is 9.15. The highest BCUT2D eigenvalue weighted by atomic mass is 16.1. The Hall–Kier alpha value is -0.610. The van der Waals surface area contributed by atoms with Gasteiger partial charge in [0.2, 0.25) is 5.91 Å². The molecule has 0 aromatic rings. The first-order valence-corrected chi connectivity index (χ1v) is 7.99. The number of carbonyl (C=O) groups is 1. The molecule has 2 unspecified atom stereocenters. The van der Waals surface area contributed by atoms with Crippen molar-refractivity contribution in [3.8, 4) is 0 Å². The Morgan fingerprint density at radius 2 is 1.85 bits per heavy atom. The van der Waals surface area contributed by atoms with Crippen LogP contribution in [0.4, 0.5) is 0 Å². The molecule has 2 atom stereocenters. The maximum absolute atomic E-state index is 11.9. The smallest absolute Gasteiger partial charge is 0.237 e. The molecule has 0 aromatic carbocycles. The second-order valence-electron chi connectivity index (χ2n) is 7.35. The first-order valence-electron chi connectivity index (χ1n) is 7.99. The third kappa shape index (κ3) is 5.06. The molecule has 0 saturated heterocycles. The lowest BCUT2D eigenvalue weighted by Crippen LogP contribution is -2.57. The van der Waals surface area contributed by atoms with E-state index < -0.39 is 5.54 Å². The number of rotatable bonds is 9. The molecular formula is C16H33N3O. The molecule has 0 aromatic heterocycles. The number of primary amides is 1. The normalized spacial score (nSPS) is 20.4. The van der Waals surface area contributed by atoms with Gasteiger partial charge in [-0.2, -0.15) is 0 Å². The highest BCUT2D eigenvalue weighted by molar-refractivity contribution is 5.84. The number of hydrogen-bond donors (Lipinski definition) is 2. The van der Waals surface area contributed by atoms with E-state index in [0.29, 0.717) is 24.0 Å². The van der Waals surface area contributed by atoms with Crippen LogP contribution in [0.1, 0.15) is 60.8 Å². The molecule has 1 fully saturated rings. The molecule has 0 heterocycles. The van der Waals surface area contributed by atoms with Crippen molar-refractivity contribution in [1.82, 2.24) is 10.2 Å². The molecule has 1 aliphatic carbocycles. The van der Waals surface area contributed by atoms with E-state index in [2.05, 4.69) is 44.8 Å². The van der Waals surface area contributed by atoms with Gasteiger partial charge < -0.3 is 11.1 Å². The van der Waals surface area contributed by atoms with Crippen molar-refractivity contribution in [3.05, 3.63) is 0 Å². The van der Waals surface area contributed by atoms with E-state index >= 15 is 0 Å². The van der Waals surface area contributed by atoms with Crippen LogP contribution in [0.3, 0.4) is 0 Å². The van der Waals surface area contributed by atoms with Crippen LogP contribution in [0, 0.1) is 5.92 Å². The summed E-state index contributed by atoms with van der Waals surface area (Å²) in [6.07, 6.45) is 3.10. The number of nitrogens with one attached hydrogen (secondary N) is 1. The number of nitrogens with two attached hydrogens (primary N) is 1. The Labute approximate surface area is 124 Å². The van der Waals surface area contributed by atoms with E-state index in [4.69, 9.17) is 5.73 Å². The zero-order chi connectivity index (χ0) is 15.5. The second kappa shape index (κ2) is 6.90. The molecule has 1 amide bonds. The molecule has 1 aliphatic rings. The quantitative estimate of drug-likeness (QED) is 0.681. The summed E-state index contributed by atoms with van der Waals surface area (Å²) in [5.74, 6) is 0.389. The van der Waals surface area contributed by atoms with Crippen molar-refractivity contribution < 1.29 is 4.79 Å². The van der Waals surface area contributed by atoms with Gasteiger partial charge in [0.1, 0.15) is 0 Å². The van der Waals surface area contributed by atoms with Crippen LogP contribution in [-0.2, 0) is 4.79 Å². The predicted octanol–water partition coefficient (Wildman–Crippen LogP) is 2.13. The van der Waals surface area contributed by atoms with E-state index in [9.17, 15) is 4.79 Å². The zero-order valence-corrected chi connectivity index (χ0v) is 14.1. The number of carbonyl (C=O) groups excluding carboxylic acids is 1. The molecule has 3 N–H and O–H groups in total. The molecule has 1 rings (SSSR count). The third-order valence-corrected chi connectivity index (χ3v) is 4.15. The fourth-order valence-corrected chi connectivity index (χ4v) is 2.94. The molecule has 4 nitrogen and oxygen atoms in total. The van der Waals surface area contributed by atoms with Crippen LogP contribution in [0.5, 0.6) is 0 Å². The highest BCUT2D eigenvalue weighted by Gasteiger charge is 2.39. The van der Waals surface area contributed by atoms with Crippen molar-refractivity contribution in [1.29, 1.82) is 0 Å². The predicted molar refractivity (Wildman–Crippen MR) is 84.5 cm³/mol. The molecule has 0 bridgehead atoms. The molecule has 4 heteroatoms. The topological polar surface area (TPSA) is 58.4 Å². The van der Waals surface area contributed by atoms with E-state index in [0.717, 1.165) is 25.8 Å². The van der Waals surface area contributed by atoms with Crippen molar-refractivity contribution in [2.45, 2.75) is 84.5 Å². The van der Waals surface area contributed by atoms with Gasteiger partial charge >= 0.3 is 0 Å². The van der Waals surface area contributed by atoms with Crippen LogP contribution in [-0.4, -0.2) is 41.0 Å². The van der Waals surface area contributed by atoms with Gasteiger partial charge in [0.25, 0.3) is 0 Å². The summed E-state index contributed by atoms with van der Waals surface area (Å²) >= 11 is 0. The first kappa shape index (κ1) is 17.4. The van der Waals surface area contributed by atoms with Crippen LogP contribution in [0.25, 0.3) is 0 Å². The van der Waals surface area contributed by atoms with Gasteiger partial charge in [-0.15, -0.1) is 0 Å². The third-order valence-electron chi connectivity index (χ3n) is 4.15. The second-order valence-corrected chi connectivity index (χ2v) is 7.35. The lowest BCUT2D eigenvalue weighted by atomic mass is 9.91. The van der Waals surface area contributed by atoms with E-state index in [1.54, 1.807) is 0 Å². The average molecular weight is 283 g/mol. The Morgan fingerprint density at radius 1 is 1.30 bits per heavy atom. The van der Waals surface area contributed by atoms with Gasteiger partial charge in [-0.05, 0) is 52.9 Å². The summed E-state index contributed by atoms with van der Waals surface area (Å²) in [7, 11) is 0. The summed E-state index contributed by atoms with van der Waals surface area (Å²) in [5.41, 5.74) is 5.06. The monoisotopic (exact) mass is 283 g/mol. The minimum atomic E-state index is -0.593. The summed E-state index contributed by atoms with van der Waals surface area (Å²) in [6.45, 7) is 14.1. The van der Waals surface area contributed by atoms with Crippen molar-refractivity contribution in [3.63, 3.8) is 0 Å². The Kier molecular flexibility index (Phi) is 6.02. The minimum Gasteiger partial charge on any atom is -0.368 e. The molecule has 0 aliphatic heterocycles. The van der Waals surface area contributed by atoms with Gasteiger partial charge in [0, 0.05) is 24.7 Å². The Balaban J connectivity index is 2.71. The Bertz CT molecular complexity index is 326. The van der Waals surface area contributed by atoms with E-state index in [1.165, 1.54) is 0 Å². The number of nitrogens with zero attached hydrogens (tertiary/aromatic N) is 1. The summed E-state index contributed by atoms with van der Waals surface area (Å²) in [5, 5.41) is 3.44. The van der Waals surface area contributed by atoms with E-state index in [-0.39, 0.29) is 5.91 Å². The average Bonchev–Trinajstić information content (AvgIpc) is 3.08. The molecule has 20 heavy (non-hydrogen) atoms. The maximum atomic E-state index is 11.9. The SMILES string of the molecule is CC(C)CN(C(C)C)C(C)CC(C)(NC1CC1)C(N)=O. The number of hydrogen-bond acceptors (Lipinski definition) is 3. The molecule has 1 saturated carbocycles. The lowest BCUT2D eigenvalue weighted by Gasteiger charge is -2.39. The van der Waals surface area contributed by atoms with Crippen molar-refractivity contribution >= 4 is 5.91 Å².